The van der Waals surface area contributed by atoms with Crippen molar-refractivity contribution >= 4 is 23.4 Å². The number of nitrogen functional groups attached to an aromatic ring is 1. The van der Waals surface area contributed by atoms with Crippen molar-refractivity contribution in [2.45, 2.75) is 11.8 Å². The minimum absolute atomic E-state index is 0.0315. The summed E-state index contributed by atoms with van der Waals surface area (Å²) in [7, 11) is 0. The molecule has 0 fully saturated rings. The Bertz CT molecular complexity index is 678. The van der Waals surface area contributed by atoms with Crippen molar-refractivity contribution in [3.05, 3.63) is 46.2 Å². The summed E-state index contributed by atoms with van der Waals surface area (Å²) < 4.78 is 18.8. The summed E-state index contributed by atoms with van der Waals surface area (Å²) in [6.07, 6.45) is 0. The van der Waals surface area contributed by atoms with Crippen molar-refractivity contribution in [1.82, 2.24) is 4.74 Å². The standard InChI is InChI=1S/C12H11FN2O3S/c1-7-4-11(16)15(18-7)12(17)6-19-8-2-3-10(14)9(13)5-8/h2-5H,6,14H2,1H3. The van der Waals surface area contributed by atoms with E-state index in [1.165, 1.54) is 18.2 Å². The molecule has 0 amide bonds. The van der Waals surface area contributed by atoms with Gasteiger partial charge in [0, 0.05) is 11.0 Å². The van der Waals surface area contributed by atoms with Crippen molar-refractivity contribution in [1.29, 1.82) is 0 Å². The van der Waals surface area contributed by atoms with Gasteiger partial charge in [0.1, 0.15) is 11.6 Å². The summed E-state index contributed by atoms with van der Waals surface area (Å²) in [5, 5.41) is 0. The van der Waals surface area contributed by atoms with E-state index in [1.807, 2.05) is 0 Å². The van der Waals surface area contributed by atoms with Crippen LogP contribution in [-0.4, -0.2) is 16.4 Å². The quantitative estimate of drug-likeness (QED) is 0.687. The maximum atomic E-state index is 13.2. The number of hydrogen-bond acceptors (Lipinski definition) is 5. The predicted molar refractivity (Wildman–Crippen MR) is 69.9 cm³/mol. The van der Waals surface area contributed by atoms with Crippen LogP contribution in [0.1, 0.15) is 10.6 Å². The fourth-order valence-electron chi connectivity index (χ4n) is 1.42. The molecule has 0 atom stereocenters. The fraction of sp³-hybridized carbons (Fsp3) is 0.167. The second-order valence-electron chi connectivity index (χ2n) is 3.84. The van der Waals surface area contributed by atoms with Gasteiger partial charge in [0.25, 0.3) is 11.5 Å². The minimum Gasteiger partial charge on any atom is -0.396 e. The van der Waals surface area contributed by atoms with Crippen LogP contribution in [0.4, 0.5) is 10.1 Å². The molecule has 0 saturated carbocycles. The lowest BCUT2D eigenvalue weighted by molar-refractivity contribution is 0.0813. The van der Waals surface area contributed by atoms with Crippen LogP contribution >= 0.6 is 11.8 Å². The first-order valence-electron chi connectivity index (χ1n) is 5.38. The molecule has 2 N–H and O–H groups in total. The second-order valence-corrected chi connectivity index (χ2v) is 4.89. The number of carbonyl (C=O) groups excluding carboxylic acids is 1. The molecular formula is C12H11FN2O3S. The molecule has 0 unspecified atom stereocenters. The predicted octanol–water partition coefficient (Wildman–Crippen LogP) is 1.90. The zero-order chi connectivity index (χ0) is 14.0. The molecule has 7 heteroatoms. The molecule has 2 aromatic rings. The van der Waals surface area contributed by atoms with Gasteiger partial charge in [-0.15, -0.1) is 16.5 Å². The number of nitrogens with two attached hydrogens (primary N) is 1. The highest BCUT2D eigenvalue weighted by Crippen LogP contribution is 2.22. The molecule has 0 aliphatic carbocycles. The van der Waals surface area contributed by atoms with Crippen LogP contribution in [0.25, 0.3) is 0 Å². The number of halogens is 1. The first-order valence-corrected chi connectivity index (χ1v) is 6.37. The molecule has 0 bridgehead atoms. The lowest BCUT2D eigenvalue weighted by Gasteiger charge is -2.02. The van der Waals surface area contributed by atoms with E-state index in [-0.39, 0.29) is 11.4 Å². The Morgan fingerprint density at radius 3 is 2.79 bits per heavy atom. The maximum absolute atomic E-state index is 13.2. The van der Waals surface area contributed by atoms with Crippen LogP contribution in [0.15, 0.2) is 38.5 Å². The Labute approximate surface area is 112 Å². The number of rotatable bonds is 3. The molecule has 0 radical (unpaired) electrons. The molecule has 1 aromatic carbocycles. The molecular weight excluding hydrogens is 271 g/mol. The maximum Gasteiger partial charge on any atom is 0.290 e. The monoisotopic (exact) mass is 282 g/mol. The van der Waals surface area contributed by atoms with Crippen LogP contribution in [-0.2, 0) is 0 Å². The van der Waals surface area contributed by atoms with E-state index in [1.54, 1.807) is 13.0 Å². The first-order chi connectivity index (χ1) is 8.97. The van der Waals surface area contributed by atoms with Gasteiger partial charge in [-0.2, -0.15) is 0 Å². The topological polar surface area (TPSA) is 78.2 Å². The highest BCUT2D eigenvalue weighted by atomic mass is 32.2. The van der Waals surface area contributed by atoms with Crippen molar-refractivity contribution in [2.24, 2.45) is 0 Å². The van der Waals surface area contributed by atoms with E-state index in [9.17, 15) is 14.0 Å². The van der Waals surface area contributed by atoms with Crippen LogP contribution < -0.4 is 11.3 Å². The largest absolute Gasteiger partial charge is 0.396 e. The van der Waals surface area contributed by atoms with Crippen molar-refractivity contribution in [3.8, 4) is 0 Å². The molecule has 5 nitrogen and oxygen atoms in total. The molecule has 1 heterocycles. The molecule has 0 aliphatic rings. The molecule has 19 heavy (non-hydrogen) atoms. The third-order valence-corrected chi connectivity index (χ3v) is 3.30. The highest BCUT2D eigenvalue weighted by Gasteiger charge is 2.12. The van der Waals surface area contributed by atoms with Gasteiger partial charge in [0.15, 0.2) is 0 Å². The van der Waals surface area contributed by atoms with E-state index in [4.69, 9.17) is 10.3 Å². The molecule has 0 saturated heterocycles. The normalized spacial score (nSPS) is 10.6. The lowest BCUT2D eigenvalue weighted by atomic mass is 10.3. The Kier molecular flexibility index (Phi) is 3.75. The van der Waals surface area contributed by atoms with Gasteiger partial charge in [-0.25, -0.2) is 4.39 Å². The molecule has 1 aromatic heterocycles. The molecule has 0 aliphatic heterocycles. The molecule has 0 spiro atoms. The van der Waals surface area contributed by atoms with Crippen LogP contribution in [0.3, 0.4) is 0 Å². The zero-order valence-corrected chi connectivity index (χ0v) is 10.9. The van der Waals surface area contributed by atoms with Crippen LogP contribution in [0.2, 0.25) is 0 Å². The number of benzene rings is 1. The summed E-state index contributed by atoms with van der Waals surface area (Å²) in [4.78, 5) is 23.6. The van der Waals surface area contributed by atoms with E-state index in [0.717, 1.165) is 11.8 Å². The molecule has 2 rings (SSSR count). The highest BCUT2D eigenvalue weighted by molar-refractivity contribution is 8.00. The average Bonchev–Trinajstić information content (AvgIpc) is 2.70. The number of thioether (sulfide) groups is 1. The SMILES string of the molecule is Cc1cc(=O)n(C(=O)CSc2ccc(N)c(F)c2)o1. The summed E-state index contributed by atoms with van der Waals surface area (Å²) in [5.41, 5.74) is 4.89. The summed E-state index contributed by atoms with van der Waals surface area (Å²) in [6, 6.07) is 5.49. The fourth-order valence-corrected chi connectivity index (χ4v) is 2.18. The van der Waals surface area contributed by atoms with E-state index < -0.39 is 17.3 Å². The van der Waals surface area contributed by atoms with Gasteiger partial charge in [-0.05, 0) is 25.1 Å². The summed E-state index contributed by atoms with van der Waals surface area (Å²) in [5.74, 6) is -0.707. The van der Waals surface area contributed by atoms with Gasteiger partial charge in [-0.1, -0.05) is 0 Å². The van der Waals surface area contributed by atoms with Crippen LogP contribution in [0, 0.1) is 12.7 Å². The van der Waals surface area contributed by atoms with E-state index >= 15 is 0 Å². The van der Waals surface area contributed by atoms with E-state index in [2.05, 4.69) is 0 Å². The van der Waals surface area contributed by atoms with Gasteiger partial charge >= 0.3 is 0 Å². The summed E-state index contributed by atoms with van der Waals surface area (Å²) >= 11 is 1.10. The number of aryl methyl sites for hydroxylation is 1. The van der Waals surface area contributed by atoms with Crippen LogP contribution in [0.5, 0.6) is 0 Å². The number of aromatic nitrogens is 1. The smallest absolute Gasteiger partial charge is 0.290 e. The number of nitrogens with zero attached hydrogens (tertiary/aromatic N) is 1. The number of anilines is 1. The molecule has 100 valence electrons. The average molecular weight is 282 g/mol. The van der Waals surface area contributed by atoms with Crippen molar-refractivity contribution in [3.63, 3.8) is 0 Å². The van der Waals surface area contributed by atoms with Crippen molar-refractivity contribution < 1.29 is 13.7 Å². The second kappa shape index (κ2) is 5.31. The summed E-state index contributed by atoms with van der Waals surface area (Å²) in [6.45, 7) is 1.58. The third-order valence-electron chi connectivity index (χ3n) is 2.32. The Morgan fingerprint density at radius 1 is 1.47 bits per heavy atom. The van der Waals surface area contributed by atoms with E-state index in [0.29, 0.717) is 15.4 Å². The Hall–Kier alpha value is -2.02. The minimum atomic E-state index is -0.538. The number of carbonyl (C=O) groups is 1. The van der Waals surface area contributed by atoms with Gasteiger partial charge in [0.05, 0.1) is 11.4 Å². The van der Waals surface area contributed by atoms with Gasteiger partial charge < -0.3 is 10.3 Å². The lowest BCUT2D eigenvalue weighted by Crippen LogP contribution is -2.23. The Balaban J connectivity index is 2.06. The third kappa shape index (κ3) is 3.05. The first kappa shape index (κ1) is 13.4. The number of hydrogen-bond donors (Lipinski definition) is 1. The van der Waals surface area contributed by atoms with Gasteiger partial charge in [-0.3, -0.25) is 9.59 Å². The Morgan fingerprint density at radius 2 is 2.21 bits per heavy atom. The van der Waals surface area contributed by atoms with Crippen molar-refractivity contribution in [2.75, 3.05) is 11.5 Å². The van der Waals surface area contributed by atoms with Gasteiger partial charge in [0.2, 0.25) is 0 Å². The zero-order valence-electron chi connectivity index (χ0n) is 10.1.